The summed E-state index contributed by atoms with van der Waals surface area (Å²) in [6.45, 7) is 2.14. The number of hydrogen-bond donors (Lipinski definition) is 1. The van der Waals surface area contributed by atoms with E-state index < -0.39 is 0 Å². The molecule has 1 amide bonds. The maximum absolute atomic E-state index is 11.1. The molecular formula is C14H15NOS. The van der Waals surface area contributed by atoms with Gasteiger partial charge >= 0.3 is 0 Å². The van der Waals surface area contributed by atoms with E-state index >= 15 is 0 Å². The standard InChI is InChI=1S/C14H15NOS/c1-10-11-6-3-4-7-13(11)17-12(10)8-5-9-14(16)15-2/h3-7,9H,8H2,1-2H3,(H,15,16). The van der Waals surface area contributed by atoms with Crippen LogP contribution in [-0.4, -0.2) is 13.0 Å². The van der Waals surface area contributed by atoms with Crippen molar-refractivity contribution in [2.75, 3.05) is 7.05 Å². The molecule has 0 spiro atoms. The molecule has 2 rings (SSSR count). The van der Waals surface area contributed by atoms with Gasteiger partial charge in [0, 0.05) is 23.0 Å². The third kappa shape index (κ3) is 2.56. The number of carbonyl (C=O) groups is 1. The summed E-state index contributed by atoms with van der Waals surface area (Å²) in [5.41, 5.74) is 1.33. The van der Waals surface area contributed by atoms with Gasteiger partial charge in [0.1, 0.15) is 0 Å². The number of amides is 1. The van der Waals surface area contributed by atoms with Gasteiger partial charge in [-0.3, -0.25) is 4.79 Å². The van der Waals surface area contributed by atoms with E-state index in [9.17, 15) is 4.79 Å². The van der Waals surface area contributed by atoms with Crippen molar-refractivity contribution < 1.29 is 4.79 Å². The van der Waals surface area contributed by atoms with Crippen molar-refractivity contribution in [3.8, 4) is 0 Å². The summed E-state index contributed by atoms with van der Waals surface area (Å²) < 4.78 is 1.31. The molecular weight excluding hydrogens is 230 g/mol. The Morgan fingerprint density at radius 1 is 1.41 bits per heavy atom. The Morgan fingerprint density at radius 2 is 2.18 bits per heavy atom. The number of fused-ring (bicyclic) bond motifs is 1. The molecule has 0 saturated carbocycles. The van der Waals surface area contributed by atoms with Gasteiger partial charge in [0.05, 0.1) is 0 Å². The number of thiophene rings is 1. The Kier molecular flexibility index (Phi) is 3.59. The molecule has 0 aliphatic carbocycles. The summed E-state index contributed by atoms with van der Waals surface area (Å²) in [5.74, 6) is -0.0521. The first-order valence-corrected chi connectivity index (χ1v) is 6.39. The number of allylic oxidation sites excluding steroid dienone is 1. The van der Waals surface area contributed by atoms with E-state index in [1.54, 1.807) is 24.5 Å². The van der Waals surface area contributed by atoms with E-state index in [4.69, 9.17) is 0 Å². The van der Waals surface area contributed by atoms with Gasteiger partial charge in [-0.15, -0.1) is 11.3 Å². The first-order chi connectivity index (χ1) is 8.22. The number of benzene rings is 1. The Bertz CT molecular complexity index is 569. The minimum Gasteiger partial charge on any atom is -0.356 e. The fourth-order valence-electron chi connectivity index (χ4n) is 1.78. The maximum atomic E-state index is 11.1. The van der Waals surface area contributed by atoms with Crippen LogP contribution >= 0.6 is 11.3 Å². The summed E-state index contributed by atoms with van der Waals surface area (Å²) in [6, 6.07) is 8.40. The van der Waals surface area contributed by atoms with Crippen LogP contribution in [0.4, 0.5) is 0 Å². The SMILES string of the molecule is CNC(=O)C=CCc1sc2ccccc2c1C. The first-order valence-electron chi connectivity index (χ1n) is 5.57. The smallest absolute Gasteiger partial charge is 0.243 e. The van der Waals surface area contributed by atoms with Crippen LogP contribution in [0.5, 0.6) is 0 Å². The monoisotopic (exact) mass is 245 g/mol. The second-order valence-electron chi connectivity index (χ2n) is 3.87. The van der Waals surface area contributed by atoms with E-state index in [1.807, 2.05) is 6.08 Å². The van der Waals surface area contributed by atoms with E-state index in [1.165, 1.54) is 20.5 Å². The summed E-state index contributed by atoms with van der Waals surface area (Å²) in [6.07, 6.45) is 4.32. The van der Waals surface area contributed by atoms with E-state index in [-0.39, 0.29) is 5.91 Å². The van der Waals surface area contributed by atoms with Gasteiger partial charge < -0.3 is 5.32 Å². The Hall–Kier alpha value is -1.61. The van der Waals surface area contributed by atoms with Crippen molar-refractivity contribution in [1.29, 1.82) is 0 Å². The van der Waals surface area contributed by atoms with Gasteiger partial charge in [0.2, 0.25) is 5.91 Å². The van der Waals surface area contributed by atoms with Crippen LogP contribution < -0.4 is 5.32 Å². The Balaban J connectivity index is 2.22. The minimum absolute atomic E-state index is 0.0521. The fourth-order valence-corrected chi connectivity index (χ4v) is 2.96. The molecule has 0 atom stereocenters. The van der Waals surface area contributed by atoms with Crippen LogP contribution in [0.15, 0.2) is 36.4 Å². The van der Waals surface area contributed by atoms with Gasteiger partial charge in [-0.25, -0.2) is 0 Å². The second-order valence-corrected chi connectivity index (χ2v) is 5.00. The third-order valence-electron chi connectivity index (χ3n) is 2.76. The van der Waals surface area contributed by atoms with E-state index in [2.05, 4.69) is 36.5 Å². The zero-order valence-electron chi connectivity index (χ0n) is 9.99. The largest absolute Gasteiger partial charge is 0.356 e. The lowest BCUT2D eigenvalue weighted by Crippen LogP contribution is -2.14. The minimum atomic E-state index is -0.0521. The molecule has 88 valence electrons. The van der Waals surface area contributed by atoms with Gasteiger partial charge in [0.25, 0.3) is 0 Å². The highest BCUT2D eigenvalue weighted by atomic mass is 32.1. The number of likely N-dealkylation sites (N-methyl/N-ethyl adjacent to an activating group) is 1. The van der Waals surface area contributed by atoms with Gasteiger partial charge in [-0.1, -0.05) is 24.3 Å². The lowest BCUT2D eigenvalue weighted by atomic mass is 10.1. The number of nitrogens with one attached hydrogen (secondary N) is 1. The molecule has 0 radical (unpaired) electrons. The molecule has 0 fully saturated rings. The van der Waals surface area contributed by atoms with Gasteiger partial charge in [-0.05, 0) is 30.0 Å². The lowest BCUT2D eigenvalue weighted by molar-refractivity contribution is -0.116. The second kappa shape index (κ2) is 5.15. The molecule has 1 aromatic heterocycles. The van der Waals surface area contributed by atoms with Crippen LogP contribution in [-0.2, 0) is 11.2 Å². The van der Waals surface area contributed by atoms with Crippen LogP contribution in [0.2, 0.25) is 0 Å². The fraction of sp³-hybridized carbons (Fsp3) is 0.214. The predicted molar refractivity (Wildman–Crippen MR) is 73.5 cm³/mol. The van der Waals surface area contributed by atoms with Crippen molar-refractivity contribution in [1.82, 2.24) is 5.32 Å². The Labute approximate surface area is 105 Å². The van der Waals surface area contributed by atoms with Crippen molar-refractivity contribution in [3.63, 3.8) is 0 Å². The molecule has 1 N–H and O–H groups in total. The van der Waals surface area contributed by atoms with Crippen LogP contribution in [0.25, 0.3) is 10.1 Å². The lowest BCUT2D eigenvalue weighted by Gasteiger charge is -1.94. The molecule has 1 heterocycles. The molecule has 0 aliphatic rings. The Morgan fingerprint density at radius 3 is 2.88 bits per heavy atom. The molecule has 2 nitrogen and oxygen atoms in total. The maximum Gasteiger partial charge on any atom is 0.243 e. The zero-order chi connectivity index (χ0) is 12.3. The number of rotatable bonds is 3. The highest BCUT2D eigenvalue weighted by Gasteiger charge is 2.05. The first kappa shape index (κ1) is 11.9. The van der Waals surface area contributed by atoms with Crippen LogP contribution in [0.3, 0.4) is 0 Å². The van der Waals surface area contributed by atoms with Crippen molar-refractivity contribution in [2.24, 2.45) is 0 Å². The zero-order valence-corrected chi connectivity index (χ0v) is 10.8. The molecule has 0 saturated heterocycles. The summed E-state index contributed by atoms with van der Waals surface area (Å²) in [5, 5.41) is 3.89. The van der Waals surface area contributed by atoms with Crippen molar-refractivity contribution >= 4 is 27.3 Å². The summed E-state index contributed by atoms with van der Waals surface area (Å²) >= 11 is 1.80. The molecule has 17 heavy (non-hydrogen) atoms. The highest BCUT2D eigenvalue weighted by Crippen LogP contribution is 2.30. The average Bonchev–Trinajstić information content (AvgIpc) is 2.67. The topological polar surface area (TPSA) is 29.1 Å². The summed E-state index contributed by atoms with van der Waals surface area (Å²) in [4.78, 5) is 12.4. The molecule has 1 aromatic carbocycles. The third-order valence-corrected chi connectivity index (χ3v) is 4.06. The summed E-state index contributed by atoms with van der Waals surface area (Å²) in [7, 11) is 1.64. The quantitative estimate of drug-likeness (QED) is 0.827. The normalized spacial score (nSPS) is 11.2. The molecule has 3 heteroatoms. The van der Waals surface area contributed by atoms with Crippen molar-refractivity contribution in [3.05, 3.63) is 46.9 Å². The van der Waals surface area contributed by atoms with Gasteiger partial charge in [0.15, 0.2) is 0 Å². The van der Waals surface area contributed by atoms with Crippen molar-refractivity contribution in [2.45, 2.75) is 13.3 Å². The number of aryl methyl sites for hydroxylation is 1. The predicted octanol–water partition coefficient (Wildman–Crippen LogP) is 3.05. The highest BCUT2D eigenvalue weighted by molar-refractivity contribution is 7.19. The molecule has 0 unspecified atom stereocenters. The molecule has 0 bridgehead atoms. The molecule has 0 aliphatic heterocycles. The number of carbonyl (C=O) groups excluding carboxylic acids is 1. The molecule has 2 aromatic rings. The number of hydrogen-bond acceptors (Lipinski definition) is 2. The van der Waals surface area contributed by atoms with E-state index in [0.29, 0.717) is 0 Å². The van der Waals surface area contributed by atoms with Crippen LogP contribution in [0.1, 0.15) is 10.4 Å². The van der Waals surface area contributed by atoms with E-state index in [0.717, 1.165) is 6.42 Å². The van der Waals surface area contributed by atoms with Gasteiger partial charge in [-0.2, -0.15) is 0 Å². The van der Waals surface area contributed by atoms with Crippen LogP contribution in [0, 0.1) is 6.92 Å². The average molecular weight is 245 g/mol.